The number of likely N-dealkylation sites (tertiary alicyclic amines) is 1. The SMILES string of the molecule is Nc1ccccc1NC(=O)c1ccc(N2CCCC3(CCN(C(=O)O)C3)C2)nc1. The lowest BCUT2D eigenvalue weighted by atomic mass is 9.79. The molecule has 2 fully saturated rings. The van der Waals surface area contributed by atoms with E-state index in [-0.39, 0.29) is 11.3 Å². The van der Waals surface area contributed by atoms with Gasteiger partial charge >= 0.3 is 6.09 Å². The number of rotatable bonds is 3. The number of carboxylic acid groups (broad SMARTS) is 1. The van der Waals surface area contributed by atoms with E-state index in [2.05, 4.69) is 15.2 Å². The maximum Gasteiger partial charge on any atom is 0.407 e. The Morgan fingerprint density at radius 1 is 1.10 bits per heavy atom. The molecule has 0 saturated carbocycles. The van der Waals surface area contributed by atoms with Gasteiger partial charge in [-0.05, 0) is 43.5 Å². The molecule has 4 N–H and O–H groups in total. The Balaban J connectivity index is 1.43. The molecule has 0 radical (unpaired) electrons. The van der Waals surface area contributed by atoms with Gasteiger partial charge < -0.3 is 26.0 Å². The van der Waals surface area contributed by atoms with Crippen molar-refractivity contribution in [1.29, 1.82) is 0 Å². The van der Waals surface area contributed by atoms with Crippen LogP contribution < -0.4 is 16.0 Å². The zero-order valence-electron chi connectivity index (χ0n) is 16.2. The van der Waals surface area contributed by atoms with Crippen LogP contribution in [0, 0.1) is 5.41 Å². The Hall–Kier alpha value is -3.29. The van der Waals surface area contributed by atoms with E-state index >= 15 is 0 Å². The molecule has 1 aromatic carbocycles. The largest absolute Gasteiger partial charge is 0.465 e. The van der Waals surface area contributed by atoms with Gasteiger partial charge in [0.05, 0.1) is 16.9 Å². The van der Waals surface area contributed by atoms with E-state index in [4.69, 9.17) is 5.73 Å². The van der Waals surface area contributed by atoms with Crippen LogP contribution in [0.5, 0.6) is 0 Å². The number of carbonyl (C=O) groups excluding carboxylic acids is 1. The molecule has 2 aromatic rings. The van der Waals surface area contributed by atoms with Crippen molar-refractivity contribution in [2.75, 3.05) is 42.1 Å². The van der Waals surface area contributed by atoms with Gasteiger partial charge in [0.25, 0.3) is 5.91 Å². The standard InChI is InChI=1S/C21H25N5O3/c22-16-4-1-2-5-17(16)24-19(27)15-6-7-18(23-12-15)25-10-3-8-21(13-25)9-11-26(14-21)20(28)29/h1-2,4-7,12H,3,8-11,13-14,22H2,(H,24,27)(H,28,29). The van der Waals surface area contributed by atoms with Gasteiger partial charge in [-0.1, -0.05) is 12.1 Å². The van der Waals surface area contributed by atoms with Crippen LogP contribution in [0.4, 0.5) is 22.0 Å². The first kappa shape index (κ1) is 19.0. The number of piperidine rings is 1. The highest BCUT2D eigenvalue weighted by Gasteiger charge is 2.43. The predicted molar refractivity (Wildman–Crippen MR) is 111 cm³/mol. The van der Waals surface area contributed by atoms with Gasteiger partial charge in [-0.25, -0.2) is 9.78 Å². The zero-order chi connectivity index (χ0) is 20.4. The highest BCUT2D eigenvalue weighted by molar-refractivity contribution is 6.05. The average molecular weight is 395 g/mol. The first-order valence-corrected chi connectivity index (χ1v) is 9.81. The number of nitrogens with two attached hydrogens (primary N) is 1. The van der Waals surface area contributed by atoms with Crippen molar-refractivity contribution in [3.63, 3.8) is 0 Å². The first-order chi connectivity index (χ1) is 14.0. The zero-order valence-corrected chi connectivity index (χ0v) is 16.2. The molecule has 2 aliphatic heterocycles. The topological polar surface area (TPSA) is 112 Å². The number of pyridine rings is 1. The van der Waals surface area contributed by atoms with Crippen LogP contribution in [-0.2, 0) is 0 Å². The molecule has 1 atom stereocenters. The fourth-order valence-electron chi connectivity index (χ4n) is 4.35. The molecular weight excluding hydrogens is 370 g/mol. The van der Waals surface area contributed by atoms with E-state index in [1.165, 1.54) is 4.90 Å². The number of nitrogens with zero attached hydrogens (tertiary/aromatic N) is 3. The van der Waals surface area contributed by atoms with Gasteiger partial charge in [0, 0.05) is 37.8 Å². The summed E-state index contributed by atoms with van der Waals surface area (Å²) in [5.41, 5.74) is 7.42. The average Bonchev–Trinajstić information content (AvgIpc) is 3.13. The molecule has 1 aromatic heterocycles. The lowest BCUT2D eigenvalue weighted by Crippen LogP contribution is -2.45. The quantitative estimate of drug-likeness (QED) is 0.689. The molecule has 1 unspecified atom stereocenters. The minimum Gasteiger partial charge on any atom is -0.465 e. The first-order valence-electron chi connectivity index (χ1n) is 9.81. The van der Waals surface area contributed by atoms with Crippen molar-refractivity contribution < 1.29 is 14.7 Å². The maximum absolute atomic E-state index is 12.5. The van der Waals surface area contributed by atoms with E-state index in [0.717, 1.165) is 38.2 Å². The number of amides is 2. The summed E-state index contributed by atoms with van der Waals surface area (Å²) in [4.78, 5) is 32.0. The lowest BCUT2D eigenvalue weighted by Gasteiger charge is -2.40. The number of anilines is 3. The number of nitrogens with one attached hydrogen (secondary N) is 1. The Bertz CT molecular complexity index is 917. The highest BCUT2D eigenvalue weighted by Crippen LogP contribution is 2.40. The van der Waals surface area contributed by atoms with Gasteiger partial charge in [0.1, 0.15) is 5.82 Å². The predicted octanol–water partition coefficient (Wildman–Crippen LogP) is 2.89. The second-order valence-electron chi connectivity index (χ2n) is 7.93. The number of hydrogen-bond acceptors (Lipinski definition) is 5. The maximum atomic E-state index is 12.5. The van der Waals surface area contributed by atoms with Crippen molar-refractivity contribution in [3.8, 4) is 0 Å². The minimum absolute atomic E-state index is 0.000791. The second kappa shape index (κ2) is 7.62. The van der Waals surface area contributed by atoms with Gasteiger partial charge in [-0.15, -0.1) is 0 Å². The summed E-state index contributed by atoms with van der Waals surface area (Å²) in [6.45, 7) is 2.85. The molecule has 0 aliphatic carbocycles. The molecule has 8 nitrogen and oxygen atoms in total. The highest BCUT2D eigenvalue weighted by atomic mass is 16.4. The molecule has 2 saturated heterocycles. The molecule has 2 amide bonds. The van der Waals surface area contributed by atoms with Gasteiger partial charge in [0.15, 0.2) is 0 Å². The van der Waals surface area contributed by atoms with E-state index < -0.39 is 6.09 Å². The van der Waals surface area contributed by atoms with Crippen LogP contribution in [-0.4, -0.2) is 53.2 Å². The van der Waals surface area contributed by atoms with E-state index in [1.807, 2.05) is 18.2 Å². The fourth-order valence-corrected chi connectivity index (χ4v) is 4.35. The van der Waals surface area contributed by atoms with E-state index in [9.17, 15) is 14.7 Å². The van der Waals surface area contributed by atoms with Crippen LogP contribution in [0.1, 0.15) is 29.6 Å². The Morgan fingerprint density at radius 3 is 2.62 bits per heavy atom. The van der Waals surface area contributed by atoms with Crippen LogP contribution in [0.15, 0.2) is 42.6 Å². The van der Waals surface area contributed by atoms with Gasteiger partial charge in [-0.2, -0.15) is 0 Å². The molecular formula is C21H25N5O3. The van der Waals surface area contributed by atoms with Crippen LogP contribution in [0.2, 0.25) is 0 Å². The van der Waals surface area contributed by atoms with E-state index in [1.54, 1.807) is 24.4 Å². The number of hydrogen-bond donors (Lipinski definition) is 3. The lowest BCUT2D eigenvalue weighted by molar-refractivity contribution is 0.102. The second-order valence-corrected chi connectivity index (χ2v) is 7.93. The third-order valence-electron chi connectivity index (χ3n) is 5.91. The molecule has 152 valence electrons. The molecule has 29 heavy (non-hydrogen) atoms. The normalized spacial score (nSPS) is 21.4. The number of aromatic nitrogens is 1. The summed E-state index contributed by atoms with van der Waals surface area (Å²) >= 11 is 0. The van der Waals surface area contributed by atoms with Gasteiger partial charge in [0.2, 0.25) is 0 Å². The smallest absolute Gasteiger partial charge is 0.407 e. The number of nitrogen functional groups attached to an aromatic ring is 1. The Morgan fingerprint density at radius 2 is 1.93 bits per heavy atom. The summed E-state index contributed by atoms with van der Waals surface area (Å²) in [5, 5.41) is 12.1. The van der Waals surface area contributed by atoms with E-state index in [0.29, 0.717) is 30.0 Å². The molecule has 4 rings (SSSR count). The van der Waals surface area contributed by atoms with Crippen molar-refractivity contribution in [1.82, 2.24) is 9.88 Å². The summed E-state index contributed by atoms with van der Waals surface area (Å²) in [6.07, 6.45) is 3.65. The van der Waals surface area contributed by atoms with Crippen molar-refractivity contribution in [2.45, 2.75) is 19.3 Å². The van der Waals surface area contributed by atoms with Crippen LogP contribution in [0.25, 0.3) is 0 Å². The number of benzene rings is 1. The van der Waals surface area contributed by atoms with Crippen LogP contribution in [0.3, 0.4) is 0 Å². The summed E-state index contributed by atoms with van der Waals surface area (Å²) in [5.74, 6) is 0.554. The number of carbonyl (C=O) groups is 2. The Kier molecular flexibility index (Phi) is 5.00. The Labute approximate surface area is 169 Å². The summed E-state index contributed by atoms with van der Waals surface area (Å²) in [7, 11) is 0. The summed E-state index contributed by atoms with van der Waals surface area (Å²) < 4.78 is 0. The molecule has 1 spiro atoms. The fraction of sp³-hybridized carbons (Fsp3) is 0.381. The summed E-state index contributed by atoms with van der Waals surface area (Å²) in [6, 6.07) is 10.7. The monoisotopic (exact) mass is 395 g/mol. The molecule has 2 aliphatic rings. The van der Waals surface area contributed by atoms with Gasteiger partial charge in [-0.3, -0.25) is 4.79 Å². The van der Waals surface area contributed by atoms with Crippen molar-refractivity contribution in [2.24, 2.45) is 5.41 Å². The third kappa shape index (κ3) is 3.96. The number of para-hydroxylation sites is 2. The molecule has 0 bridgehead atoms. The molecule has 3 heterocycles. The molecule has 8 heteroatoms. The van der Waals surface area contributed by atoms with Crippen molar-refractivity contribution in [3.05, 3.63) is 48.2 Å². The minimum atomic E-state index is -0.841. The van der Waals surface area contributed by atoms with Crippen LogP contribution >= 0.6 is 0 Å². The van der Waals surface area contributed by atoms with Crippen molar-refractivity contribution >= 4 is 29.2 Å². The third-order valence-corrected chi connectivity index (χ3v) is 5.91.